The minimum Gasteiger partial charge on any atom is -0.336 e. The maximum absolute atomic E-state index is 11.8. The van der Waals surface area contributed by atoms with Crippen LogP contribution >= 0.6 is 11.6 Å². The first-order chi connectivity index (χ1) is 10.1. The van der Waals surface area contributed by atoms with Crippen molar-refractivity contribution in [2.24, 2.45) is 5.73 Å². The van der Waals surface area contributed by atoms with E-state index in [1.165, 1.54) is 0 Å². The molecule has 2 aromatic carbocycles. The molecule has 21 heavy (non-hydrogen) atoms. The normalized spacial score (nSPS) is 11.7. The van der Waals surface area contributed by atoms with Crippen LogP contribution in [0.5, 0.6) is 0 Å². The van der Waals surface area contributed by atoms with E-state index in [1.807, 2.05) is 30.3 Å². The highest BCUT2D eigenvalue weighted by Crippen LogP contribution is 2.14. The molecule has 0 saturated heterocycles. The van der Waals surface area contributed by atoms with Crippen LogP contribution in [0.15, 0.2) is 54.6 Å². The number of hydrogen-bond acceptors (Lipinski definition) is 2. The van der Waals surface area contributed by atoms with Gasteiger partial charge in [-0.15, -0.1) is 0 Å². The Bertz CT molecular complexity index is 589. The summed E-state index contributed by atoms with van der Waals surface area (Å²) >= 11 is 5.85. The van der Waals surface area contributed by atoms with Gasteiger partial charge in [0.2, 0.25) is 0 Å². The zero-order valence-corrected chi connectivity index (χ0v) is 12.3. The number of nitrogens with one attached hydrogen (secondary N) is 2. The number of carbonyl (C=O) groups is 1. The number of rotatable bonds is 5. The Morgan fingerprint density at radius 3 is 2.62 bits per heavy atom. The summed E-state index contributed by atoms with van der Waals surface area (Å²) in [5.74, 6) is 0. The van der Waals surface area contributed by atoms with E-state index in [4.69, 9.17) is 17.3 Å². The van der Waals surface area contributed by atoms with Crippen LogP contribution in [-0.4, -0.2) is 18.6 Å². The van der Waals surface area contributed by atoms with Crippen molar-refractivity contribution in [2.75, 3.05) is 11.9 Å². The molecule has 0 aliphatic rings. The number of anilines is 1. The first-order valence-corrected chi connectivity index (χ1v) is 7.11. The molecule has 1 atom stereocenters. The molecule has 2 aromatic rings. The number of carbonyl (C=O) groups excluding carboxylic acids is 1. The summed E-state index contributed by atoms with van der Waals surface area (Å²) in [4.78, 5) is 11.8. The lowest BCUT2D eigenvalue weighted by Crippen LogP contribution is -2.40. The third-order valence-electron chi connectivity index (χ3n) is 2.95. The van der Waals surface area contributed by atoms with Crippen molar-refractivity contribution >= 4 is 23.3 Å². The minimum atomic E-state index is -0.291. The van der Waals surface area contributed by atoms with Crippen LogP contribution in [0.25, 0.3) is 0 Å². The summed E-state index contributed by atoms with van der Waals surface area (Å²) in [7, 11) is 0. The van der Waals surface area contributed by atoms with Gasteiger partial charge in [-0.2, -0.15) is 0 Å². The predicted molar refractivity (Wildman–Crippen MR) is 86.6 cm³/mol. The monoisotopic (exact) mass is 303 g/mol. The molecule has 0 bridgehead atoms. The topological polar surface area (TPSA) is 67.1 Å². The molecular formula is C16H18ClN3O. The van der Waals surface area contributed by atoms with Crippen molar-refractivity contribution in [3.05, 3.63) is 65.2 Å². The summed E-state index contributed by atoms with van der Waals surface area (Å²) in [6, 6.07) is 16.5. The van der Waals surface area contributed by atoms with Crippen molar-refractivity contribution in [1.29, 1.82) is 0 Å². The van der Waals surface area contributed by atoms with Gasteiger partial charge in [-0.25, -0.2) is 4.79 Å². The van der Waals surface area contributed by atoms with Gasteiger partial charge in [0, 0.05) is 23.3 Å². The highest BCUT2D eigenvalue weighted by atomic mass is 35.5. The molecule has 0 aliphatic heterocycles. The van der Waals surface area contributed by atoms with E-state index in [-0.39, 0.29) is 12.1 Å². The van der Waals surface area contributed by atoms with Crippen molar-refractivity contribution in [2.45, 2.75) is 12.5 Å². The van der Waals surface area contributed by atoms with Crippen LogP contribution in [0.3, 0.4) is 0 Å². The number of nitrogens with two attached hydrogens (primary N) is 1. The highest BCUT2D eigenvalue weighted by Gasteiger charge is 2.07. The largest absolute Gasteiger partial charge is 0.336 e. The Balaban J connectivity index is 1.76. The van der Waals surface area contributed by atoms with Crippen molar-refractivity contribution in [3.8, 4) is 0 Å². The maximum Gasteiger partial charge on any atom is 0.319 e. The predicted octanol–water partition coefficient (Wildman–Crippen LogP) is 3.03. The summed E-state index contributed by atoms with van der Waals surface area (Å²) in [6.07, 6.45) is 0.721. The lowest BCUT2D eigenvalue weighted by Gasteiger charge is -2.13. The van der Waals surface area contributed by atoms with Crippen molar-refractivity contribution in [1.82, 2.24) is 5.32 Å². The summed E-state index contributed by atoms with van der Waals surface area (Å²) in [6.45, 7) is 0.404. The molecule has 0 unspecified atom stereocenters. The second-order valence-corrected chi connectivity index (χ2v) is 5.23. The van der Waals surface area contributed by atoms with Crippen LogP contribution in [0.4, 0.5) is 10.5 Å². The van der Waals surface area contributed by atoms with E-state index in [0.29, 0.717) is 17.3 Å². The molecule has 2 amide bonds. The van der Waals surface area contributed by atoms with Crippen molar-refractivity contribution < 1.29 is 4.79 Å². The number of benzene rings is 2. The average molecular weight is 304 g/mol. The molecule has 0 heterocycles. The molecule has 110 valence electrons. The smallest absolute Gasteiger partial charge is 0.319 e. The van der Waals surface area contributed by atoms with Gasteiger partial charge in [0.1, 0.15) is 0 Å². The van der Waals surface area contributed by atoms with Gasteiger partial charge in [-0.3, -0.25) is 0 Å². The van der Waals surface area contributed by atoms with E-state index < -0.39 is 0 Å². The summed E-state index contributed by atoms with van der Waals surface area (Å²) in [5, 5.41) is 6.04. The summed E-state index contributed by atoms with van der Waals surface area (Å²) < 4.78 is 0. The third-order valence-corrected chi connectivity index (χ3v) is 3.18. The summed E-state index contributed by atoms with van der Waals surface area (Å²) in [5.41, 5.74) is 7.81. The Morgan fingerprint density at radius 2 is 1.90 bits per heavy atom. The van der Waals surface area contributed by atoms with Gasteiger partial charge in [0.25, 0.3) is 0 Å². The maximum atomic E-state index is 11.8. The van der Waals surface area contributed by atoms with Gasteiger partial charge >= 0.3 is 6.03 Å². The van der Waals surface area contributed by atoms with Gasteiger partial charge in [0.05, 0.1) is 0 Å². The number of amides is 2. The van der Waals surface area contributed by atoms with Crippen LogP contribution in [0.2, 0.25) is 5.02 Å². The van der Waals surface area contributed by atoms with Gasteiger partial charge in [-0.1, -0.05) is 48.0 Å². The molecule has 0 spiro atoms. The fourth-order valence-electron chi connectivity index (χ4n) is 1.95. The minimum absolute atomic E-state index is 0.127. The van der Waals surface area contributed by atoms with Gasteiger partial charge < -0.3 is 16.4 Å². The van der Waals surface area contributed by atoms with E-state index in [9.17, 15) is 4.79 Å². The van der Waals surface area contributed by atoms with E-state index in [0.717, 1.165) is 12.0 Å². The zero-order chi connectivity index (χ0) is 15.1. The third kappa shape index (κ3) is 5.45. The standard InChI is InChI=1S/C16H18ClN3O/c17-13-7-4-8-15(10-13)20-16(21)19-11-14(18)9-12-5-2-1-3-6-12/h1-8,10,14H,9,11,18H2,(H2,19,20,21)/t14-/m1/s1. The molecule has 0 aliphatic carbocycles. The zero-order valence-electron chi connectivity index (χ0n) is 11.6. The molecule has 0 aromatic heterocycles. The van der Waals surface area contributed by atoms with E-state index in [1.54, 1.807) is 24.3 Å². The molecule has 0 saturated carbocycles. The molecule has 0 radical (unpaired) electrons. The van der Waals surface area contributed by atoms with Crippen LogP contribution in [-0.2, 0) is 6.42 Å². The Hall–Kier alpha value is -2.04. The van der Waals surface area contributed by atoms with Crippen LogP contribution in [0, 0.1) is 0 Å². The lowest BCUT2D eigenvalue weighted by atomic mass is 10.1. The molecular weight excluding hydrogens is 286 g/mol. The lowest BCUT2D eigenvalue weighted by molar-refractivity contribution is 0.251. The van der Waals surface area contributed by atoms with Crippen LogP contribution in [0.1, 0.15) is 5.56 Å². The first-order valence-electron chi connectivity index (χ1n) is 6.73. The van der Waals surface area contributed by atoms with E-state index >= 15 is 0 Å². The molecule has 0 fully saturated rings. The number of hydrogen-bond donors (Lipinski definition) is 3. The quantitative estimate of drug-likeness (QED) is 0.795. The number of urea groups is 1. The SMILES string of the molecule is N[C@@H](CNC(=O)Nc1cccc(Cl)c1)Cc1ccccc1. The Labute approximate surface area is 129 Å². The van der Waals surface area contributed by atoms with Crippen molar-refractivity contribution in [3.63, 3.8) is 0 Å². The number of halogens is 1. The second-order valence-electron chi connectivity index (χ2n) is 4.80. The molecule has 4 N–H and O–H groups in total. The van der Waals surface area contributed by atoms with Crippen LogP contribution < -0.4 is 16.4 Å². The first kappa shape index (κ1) is 15.4. The van der Waals surface area contributed by atoms with Gasteiger partial charge in [-0.05, 0) is 30.2 Å². The second kappa shape index (κ2) is 7.67. The fourth-order valence-corrected chi connectivity index (χ4v) is 2.14. The Morgan fingerprint density at radius 1 is 1.14 bits per heavy atom. The van der Waals surface area contributed by atoms with Gasteiger partial charge in [0.15, 0.2) is 0 Å². The Kier molecular flexibility index (Phi) is 5.60. The fraction of sp³-hybridized carbons (Fsp3) is 0.188. The molecule has 2 rings (SSSR count). The molecule has 4 nitrogen and oxygen atoms in total. The average Bonchev–Trinajstić information content (AvgIpc) is 2.46. The highest BCUT2D eigenvalue weighted by molar-refractivity contribution is 6.30. The van der Waals surface area contributed by atoms with E-state index in [2.05, 4.69) is 10.6 Å². The molecule has 5 heteroatoms.